The molecule has 41 heavy (non-hydrogen) atoms. The maximum Gasteiger partial charge on any atom is 0.151 e. The number of para-hydroxylation sites is 5. The first-order chi connectivity index (χ1) is 20.2. The number of aryl methyl sites for hydroxylation is 1. The van der Waals surface area contributed by atoms with Gasteiger partial charge in [-0.1, -0.05) is 109 Å². The van der Waals surface area contributed by atoms with Crippen molar-refractivity contribution in [1.82, 2.24) is 4.98 Å². The van der Waals surface area contributed by atoms with Crippen molar-refractivity contribution < 1.29 is 4.74 Å². The second-order valence-corrected chi connectivity index (χ2v) is 10.5. The molecule has 7 aromatic rings. The molecule has 0 unspecified atom stereocenters. The van der Waals surface area contributed by atoms with E-state index < -0.39 is 0 Å². The summed E-state index contributed by atoms with van der Waals surface area (Å²) in [4.78, 5) is 7.67. The van der Waals surface area contributed by atoms with Gasteiger partial charge in [-0.05, 0) is 65.2 Å². The summed E-state index contributed by atoms with van der Waals surface area (Å²) in [5, 5.41) is 3.56. The van der Waals surface area contributed by atoms with Gasteiger partial charge in [0.05, 0.1) is 28.3 Å². The van der Waals surface area contributed by atoms with Crippen molar-refractivity contribution in [2.75, 3.05) is 4.90 Å². The van der Waals surface area contributed by atoms with Crippen molar-refractivity contribution in [1.29, 1.82) is 0 Å². The van der Waals surface area contributed by atoms with Gasteiger partial charge in [0.1, 0.15) is 0 Å². The molecule has 0 atom stereocenters. The number of pyridine rings is 1. The van der Waals surface area contributed by atoms with E-state index in [1.807, 2.05) is 24.3 Å². The van der Waals surface area contributed by atoms with E-state index >= 15 is 0 Å². The van der Waals surface area contributed by atoms with Crippen molar-refractivity contribution in [2.45, 2.75) is 6.92 Å². The molecule has 2 heterocycles. The molecule has 0 fully saturated rings. The fourth-order valence-corrected chi connectivity index (χ4v) is 5.93. The minimum Gasteiger partial charge on any atom is -0.453 e. The quantitative estimate of drug-likeness (QED) is 0.229. The molecule has 6 aromatic carbocycles. The highest BCUT2D eigenvalue weighted by molar-refractivity contribution is 6.10. The molecule has 0 saturated heterocycles. The van der Waals surface area contributed by atoms with E-state index in [1.54, 1.807) is 0 Å². The van der Waals surface area contributed by atoms with Crippen LogP contribution in [0.15, 0.2) is 140 Å². The zero-order valence-electron chi connectivity index (χ0n) is 22.6. The highest BCUT2D eigenvalue weighted by Crippen LogP contribution is 2.52. The summed E-state index contributed by atoms with van der Waals surface area (Å²) in [6.45, 7) is 2.12. The highest BCUT2D eigenvalue weighted by Gasteiger charge is 2.27. The van der Waals surface area contributed by atoms with Crippen molar-refractivity contribution in [3.63, 3.8) is 0 Å². The Kier molecular flexibility index (Phi) is 5.36. The fraction of sp³-hybridized carbons (Fsp3) is 0.0263. The summed E-state index contributed by atoms with van der Waals surface area (Å²) in [6.07, 6.45) is 0. The first-order valence-corrected chi connectivity index (χ1v) is 13.9. The van der Waals surface area contributed by atoms with E-state index in [4.69, 9.17) is 9.72 Å². The molecule has 194 valence electrons. The van der Waals surface area contributed by atoms with Gasteiger partial charge in [-0.3, -0.25) is 0 Å². The van der Waals surface area contributed by atoms with Crippen LogP contribution in [0.4, 0.5) is 17.1 Å². The maximum atomic E-state index is 6.32. The lowest BCUT2D eigenvalue weighted by Gasteiger charge is -2.33. The molecule has 1 aliphatic heterocycles. The third-order valence-electron chi connectivity index (χ3n) is 7.92. The largest absolute Gasteiger partial charge is 0.453 e. The van der Waals surface area contributed by atoms with Crippen molar-refractivity contribution in [3.05, 3.63) is 145 Å². The number of hydrogen-bond donors (Lipinski definition) is 0. The number of ether oxygens (including phenoxy) is 1. The van der Waals surface area contributed by atoms with Gasteiger partial charge in [-0.2, -0.15) is 0 Å². The van der Waals surface area contributed by atoms with Gasteiger partial charge in [0.15, 0.2) is 11.5 Å². The van der Waals surface area contributed by atoms with Crippen LogP contribution < -0.4 is 9.64 Å². The number of aromatic nitrogens is 1. The van der Waals surface area contributed by atoms with Gasteiger partial charge < -0.3 is 9.64 Å². The molecule has 0 amide bonds. The maximum absolute atomic E-state index is 6.32. The van der Waals surface area contributed by atoms with Gasteiger partial charge in [-0.25, -0.2) is 4.98 Å². The van der Waals surface area contributed by atoms with Crippen LogP contribution in [0, 0.1) is 6.92 Å². The van der Waals surface area contributed by atoms with E-state index in [9.17, 15) is 0 Å². The van der Waals surface area contributed by atoms with Crippen LogP contribution in [0.5, 0.6) is 11.5 Å². The average Bonchev–Trinajstić information content (AvgIpc) is 3.03. The monoisotopic (exact) mass is 526 g/mol. The standard InChI is InChI=1S/C38H26N2O/c1-25-20-22-27(23-21-25)32-24-31(29-13-8-11-26-10-2-3-12-28(26)29)30-14-9-17-35(38(30)39-32)40-33-15-4-6-18-36(33)41-37-19-7-5-16-34(37)40/h2-24H,1H3. The minimum atomic E-state index is 0.826. The number of benzene rings is 6. The smallest absolute Gasteiger partial charge is 0.151 e. The van der Waals surface area contributed by atoms with Crippen molar-refractivity contribution >= 4 is 38.7 Å². The van der Waals surface area contributed by atoms with E-state index in [1.165, 1.54) is 27.5 Å². The topological polar surface area (TPSA) is 25.4 Å². The van der Waals surface area contributed by atoms with Crippen molar-refractivity contribution in [2.24, 2.45) is 0 Å². The minimum absolute atomic E-state index is 0.826. The second-order valence-electron chi connectivity index (χ2n) is 10.5. The van der Waals surface area contributed by atoms with Gasteiger partial charge in [0.25, 0.3) is 0 Å². The first kappa shape index (κ1) is 23.5. The molecular formula is C38H26N2O. The number of hydrogen-bond acceptors (Lipinski definition) is 3. The molecule has 1 aromatic heterocycles. The van der Waals surface area contributed by atoms with E-state index in [0.717, 1.165) is 50.7 Å². The molecule has 0 spiro atoms. The number of nitrogens with zero attached hydrogens (tertiary/aromatic N) is 2. The van der Waals surface area contributed by atoms with Crippen molar-refractivity contribution in [3.8, 4) is 33.9 Å². The van der Waals surface area contributed by atoms with Gasteiger partial charge in [0, 0.05) is 10.9 Å². The number of rotatable bonds is 3. The molecule has 3 heteroatoms. The van der Waals surface area contributed by atoms with Crippen LogP contribution in [-0.2, 0) is 0 Å². The zero-order chi connectivity index (χ0) is 27.3. The van der Waals surface area contributed by atoms with Crippen LogP contribution in [0.3, 0.4) is 0 Å². The van der Waals surface area contributed by atoms with Crippen LogP contribution in [0.1, 0.15) is 5.56 Å². The lowest BCUT2D eigenvalue weighted by atomic mass is 9.93. The Morgan fingerprint density at radius 3 is 1.93 bits per heavy atom. The first-order valence-electron chi connectivity index (χ1n) is 13.9. The molecular weight excluding hydrogens is 500 g/mol. The Bertz CT molecular complexity index is 2040. The summed E-state index contributed by atoms with van der Waals surface area (Å²) in [5.74, 6) is 1.65. The molecule has 0 N–H and O–H groups in total. The molecule has 0 bridgehead atoms. The fourth-order valence-electron chi connectivity index (χ4n) is 5.93. The number of fused-ring (bicyclic) bond motifs is 4. The summed E-state index contributed by atoms with van der Waals surface area (Å²) in [6, 6.07) is 48.9. The van der Waals surface area contributed by atoms with E-state index in [-0.39, 0.29) is 0 Å². The zero-order valence-corrected chi connectivity index (χ0v) is 22.6. The van der Waals surface area contributed by atoms with Gasteiger partial charge in [0.2, 0.25) is 0 Å². The van der Waals surface area contributed by atoms with Crippen LogP contribution in [0.25, 0.3) is 44.1 Å². The molecule has 3 nitrogen and oxygen atoms in total. The Morgan fingerprint density at radius 2 is 1.15 bits per heavy atom. The Morgan fingerprint density at radius 1 is 0.537 bits per heavy atom. The van der Waals surface area contributed by atoms with Crippen LogP contribution in [0.2, 0.25) is 0 Å². The molecule has 0 aliphatic carbocycles. The third-order valence-corrected chi connectivity index (χ3v) is 7.92. The molecule has 8 rings (SSSR count). The molecule has 1 aliphatic rings. The molecule has 0 saturated carbocycles. The normalized spacial score (nSPS) is 12.2. The van der Waals surface area contributed by atoms with Gasteiger partial charge >= 0.3 is 0 Å². The summed E-state index contributed by atoms with van der Waals surface area (Å²) in [7, 11) is 0. The Labute approximate surface area is 238 Å². The van der Waals surface area contributed by atoms with Crippen LogP contribution >= 0.6 is 0 Å². The summed E-state index contributed by atoms with van der Waals surface area (Å²) < 4.78 is 6.32. The molecule has 0 radical (unpaired) electrons. The second kappa shape index (κ2) is 9.35. The van der Waals surface area contributed by atoms with E-state index in [2.05, 4.69) is 127 Å². The third kappa shape index (κ3) is 3.86. The van der Waals surface area contributed by atoms with Gasteiger partial charge in [-0.15, -0.1) is 0 Å². The number of anilines is 3. The Hall–Kier alpha value is -5.41. The SMILES string of the molecule is Cc1ccc(-c2cc(-c3cccc4ccccc34)c3cccc(N4c5ccccc5Oc5ccccc54)c3n2)cc1. The summed E-state index contributed by atoms with van der Waals surface area (Å²) >= 11 is 0. The summed E-state index contributed by atoms with van der Waals surface area (Å²) in [5.41, 5.74) is 9.58. The Balaban J connectivity index is 1.47. The van der Waals surface area contributed by atoms with E-state index in [0.29, 0.717) is 0 Å². The lowest BCUT2D eigenvalue weighted by Crippen LogP contribution is -2.16. The average molecular weight is 527 g/mol. The van der Waals surface area contributed by atoms with Crippen LogP contribution in [-0.4, -0.2) is 4.98 Å². The predicted molar refractivity (Wildman–Crippen MR) is 170 cm³/mol. The highest BCUT2D eigenvalue weighted by atomic mass is 16.5. The predicted octanol–water partition coefficient (Wildman–Crippen LogP) is 10.6. The lowest BCUT2D eigenvalue weighted by molar-refractivity contribution is 0.477.